The van der Waals surface area contributed by atoms with E-state index in [1.54, 1.807) is 6.92 Å². The second-order valence-electron chi connectivity index (χ2n) is 6.06. The summed E-state index contributed by atoms with van der Waals surface area (Å²) in [5.74, 6) is -0.779. The van der Waals surface area contributed by atoms with Gasteiger partial charge in [0.05, 0.1) is 5.25 Å². The zero-order valence-corrected chi connectivity index (χ0v) is 14.0. The van der Waals surface area contributed by atoms with Crippen molar-refractivity contribution >= 4 is 35.0 Å². The zero-order valence-electron chi connectivity index (χ0n) is 13.2. The van der Waals surface area contributed by atoms with Gasteiger partial charge in [-0.15, -0.1) is 11.8 Å². The van der Waals surface area contributed by atoms with E-state index in [0.29, 0.717) is 11.4 Å². The first-order valence-electron chi connectivity index (χ1n) is 7.63. The van der Waals surface area contributed by atoms with Gasteiger partial charge < -0.3 is 5.32 Å². The summed E-state index contributed by atoms with van der Waals surface area (Å²) in [5, 5.41) is 2.51. The third-order valence-electron chi connectivity index (χ3n) is 4.41. The van der Waals surface area contributed by atoms with Gasteiger partial charge in [0.1, 0.15) is 5.82 Å². The smallest absolute Gasteiger partial charge is 0.266 e. The van der Waals surface area contributed by atoms with E-state index < -0.39 is 4.87 Å². The van der Waals surface area contributed by atoms with E-state index in [2.05, 4.69) is 5.32 Å². The molecule has 2 aliphatic rings. The first-order chi connectivity index (χ1) is 11.4. The summed E-state index contributed by atoms with van der Waals surface area (Å²) in [4.78, 5) is 26.1. The molecule has 2 atom stereocenters. The molecule has 2 amide bonds. The summed E-state index contributed by atoms with van der Waals surface area (Å²) in [7, 11) is 0. The Kier molecular flexibility index (Phi) is 3.22. The molecule has 2 aliphatic heterocycles. The average molecular weight is 342 g/mol. The van der Waals surface area contributed by atoms with Crippen LogP contribution >= 0.6 is 11.8 Å². The predicted molar refractivity (Wildman–Crippen MR) is 92.4 cm³/mol. The van der Waals surface area contributed by atoms with Gasteiger partial charge in [0, 0.05) is 16.9 Å². The lowest BCUT2D eigenvalue weighted by molar-refractivity contribution is -0.122. The van der Waals surface area contributed by atoms with Gasteiger partial charge in [-0.05, 0) is 44.2 Å². The molecule has 122 valence electrons. The summed E-state index contributed by atoms with van der Waals surface area (Å²) < 4.78 is 13.3. The summed E-state index contributed by atoms with van der Waals surface area (Å²) >= 11 is 1.32. The lowest BCUT2D eigenvalue weighted by atomic mass is 10.0. The summed E-state index contributed by atoms with van der Waals surface area (Å²) in [6.45, 7) is 3.74. The van der Waals surface area contributed by atoms with Crippen LogP contribution in [0.2, 0.25) is 0 Å². The van der Waals surface area contributed by atoms with Crippen LogP contribution in [0.1, 0.15) is 18.1 Å². The zero-order chi connectivity index (χ0) is 17.1. The molecule has 24 heavy (non-hydrogen) atoms. The predicted octanol–water partition coefficient (Wildman–Crippen LogP) is 3.41. The molecule has 0 aromatic heterocycles. The van der Waals surface area contributed by atoms with E-state index >= 15 is 0 Å². The number of anilines is 2. The van der Waals surface area contributed by atoms with Crippen LogP contribution < -0.4 is 10.2 Å². The number of thioether (sulfide) groups is 1. The second kappa shape index (κ2) is 5.08. The van der Waals surface area contributed by atoms with Gasteiger partial charge >= 0.3 is 0 Å². The van der Waals surface area contributed by atoms with Crippen LogP contribution in [0, 0.1) is 12.7 Å². The molecule has 4 nitrogen and oxygen atoms in total. The summed E-state index contributed by atoms with van der Waals surface area (Å²) in [6, 6.07) is 11.4. The van der Waals surface area contributed by atoms with Crippen LogP contribution in [0.15, 0.2) is 42.5 Å². The van der Waals surface area contributed by atoms with Crippen molar-refractivity contribution in [1.29, 1.82) is 0 Å². The molecule has 2 aromatic carbocycles. The molecule has 1 N–H and O–H groups in total. The van der Waals surface area contributed by atoms with E-state index in [9.17, 15) is 14.0 Å². The van der Waals surface area contributed by atoms with Crippen LogP contribution in [-0.4, -0.2) is 17.1 Å². The molecule has 0 aliphatic carbocycles. The molecule has 0 unspecified atom stereocenters. The minimum Gasteiger partial charge on any atom is -0.323 e. The number of halogens is 1. The molecule has 0 saturated carbocycles. The van der Waals surface area contributed by atoms with E-state index in [4.69, 9.17) is 0 Å². The third kappa shape index (κ3) is 1.92. The number of nitrogens with zero attached hydrogens (tertiary/aromatic N) is 1. The maximum absolute atomic E-state index is 13.3. The first kappa shape index (κ1) is 15.2. The fourth-order valence-corrected chi connectivity index (χ4v) is 4.78. The normalized spacial score (nSPS) is 25.3. The maximum Gasteiger partial charge on any atom is 0.266 e. The van der Waals surface area contributed by atoms with Gasteiger partial charge in [-0.1, -0.05) is 17.7 Å². The number of aryl methyl sites for hydroxylation is 1. The highest BCUT2D eigenvalue weighted by atomic mass is 32.2. The molecule has 6 heteroatoms. The number of amides is 2. The van der Waals surface area contributed by atoms with Crippen LogP contribution in [-0.2, 0) is 14.5 Å². The van der Waals surface area contributed by atoms with Crippen molar-refractivity contribution in [2.45, 2.75) is 24.0 Å². The number of hydrogen-bond donors (Lipinski definition) is 1. The molecule has 0 bridgehead atoms. The number of rotatable bonds is 1. The van der Waals surface area contributed by atoms with Crippen LogP contribution in [0.3, 0.4) is 0 Å². The molecule has 1 spiro atoms. The van der Waals surface area contributed by atoms with Crippen molar-refractivity contribution in [3.05, 3.63) is 59.4 Å². The van der Waals surface area contributed by atoms with Gasteiger partial charge in [0.25, 0.3) is 5.91 Å². The molecular formula is C18H15FN2O2S. The lowest BCUT2D eigenvalue weighted by Crippen LogP contribution is -2.47. The van der Waals surface area contributed by atoms with Crippen molar-refractivity contribution < 1.29 is 14.0 Å². The average Bonchev–Trinajstić information content (AvgIpc) is 2.97. The Labute approximate surface area is 143 Å². The van der Waals surface area contributed by atoms with Gasteiger partial charge in [-0.3, -0.25) is 14.5 Å². The van der Waals surface area contributed by atoms with Crippen molar-refractivity contribution in [2.24, 2.45) is 0 Å². The number of hydrogen-bond acceptors (Lipinski definition) is 3. The topological polar surface area (TPSA) is 49.4 Å². The van der Waals surface area contributed by atoms with E-state index in [0.717, 1.165) is 11.1 Å². The van der Waals surface area contributed by atoms with E-state index in [1.165, 1.54) is 40.9 Å². The number of carbonyl (C=O) groups is 2. The Hall–Kier alpha value is -2.34. The van der Waals surface area contributed by atoms with Crippen molar-refractivity contribution in [2.75, 3.05) is 10.2 Å². The summed E-state index contributed by atoms with van der Waals surface area (Å²) in [5.41, 5.74) is 3.02. The highest BCUT2D eigenvalue weighted by Gasteiger charge is 2.60. The Morgan fingerprint density at radius 3 is 2.58 bits per heavy atom. The van der Waals surface area contributed by atoms with Gasteiger partial charge in [0.2, 0.25) is 10.8 Å². The van der Waals surface area contributed by atoms with E-state index in [-0.39, 0.29) is 22.9 Å². The molecule has 1 fully saturated rings. The SMILES string of the molecule is Cc1ccc2c(c1)[C@@]1(S[C@@H](C)C(=O)N1c1ccc(F)cc1)C(=O)N2. The molecule has 2 heterocycles. The van der Waals surface area contributed by atoms with Crippen molar-refractivity contribution in [1.82, 2.24) is 0 Å². The fourth-order valence-electron chi connectivity index (χ4n) is 3.31. The lowest BCUT2D eigenvalue weighted by Gasteiger charge is -2.32. The number of benzene rings is 2. The van der Waals surface area contributed by atoms with Gasteiger partial charge in [-0.25, -0.2) is 4.39 Å². The van der Waals surface area contributed by atoms with Crippen LogP contribution in [0.25, 0.3) is 0 Å². The highest BCUT2D eigenvalue weighted by molar-refractivity contribution is 8.03. The molecule has 1 saturated heterocycles. The molecule has 4 rings (SSSR count). The Morgan fingerprint density at radius 2 is 1.88 bits per heavy atom. The van der Waals surface area contributed by atoms with Crippen LogP contribution in [0.5, 0.6) is 0 Å². The second-order valence-corrected chi connectivity index (χ2v) is 7.59. The maximum atomic E-state index is 13.3. The number of fused-ring (bicyclic) bond motifs is 2. The monoisotopic (exact) mass is 342 g/mol. The highest BCUT2D eigenvalue weighted by Crippen LogP contribution is 2.56. The standard InChI is InChI=1S/C18H15FN2O2S/c1-10-3-8-15-14(9-10)18(17(23)20-15)21(16(22)11(2)24-18)13-6-4-12(19)5-7-13/h3-9,11H,1-2H3,(H,20,23)/t11-,18+/m0/s1. The minimum atomic E-state index is -1.14. The fraction of sp³-hybridized carbons (Fsp3) is 0.222. The molecular weight excluding hydrogens is 327 g/mol. The Balaban J connectivity index is 1.95. The van der Waals surface area contributed by atoms with Crippen molar-refractivity contribution in [3.63, 3.8) is 0 Å². The molecule has 0 radical (unpaired) electrons. The molecule has 2 aromatic rings. The van der Waals surface area contributed by atoms with Gasteiger partial charge in [-0.2, -0.15) is 0 Å². The summed E-state index contributed by atoms with van der Waals surface area (Å²) in [6.07, 6.45) is 0. The largest absolute Gasteiger partial charge is 0.323 e. The quantitative estimate of drug-likeness (QED) is 0.864. The van der Waals surface area contributed by atoms with Gasteiger partial charge in [0.15, 0.2) is 0 Å². The first-order valence-corrected chi connectivity index (χ1v) is 8.51. The van der Waals surface area contributed by atoms with E-state index in [1.807, 2.05) is 25.1 Å². The van der Waals surface area contributed by atoms with Crippen LogP contribution in [0.4, 0.5) is 15.8 Å². The Bertz CT molecular complexity index is 868. The number of nitrogens with one attached hydrogen (secondary N) is 1. The van der Waals surface area contributed by atoms with Crippen molar-refractivity contribution in [3.8, 4) is 0 Å². The number of carbonyl (C=O) groups excluding carboxylic acids is 2. The Morgan fingerprint density at radius 1 is 1.17 bits per heavy atom. The minimum absolute atomic E-state index is 0.156. The third-order valence-corrected chi connectivity index (χ3v) is 5.90.